The van der Waals surface area contributed by atoms with E-state index in [1.165, 1.54) is 12.1 Å². The first-order valence-electron chi connectivity index (χ1n) is 5.67. The van der Waals surface area contributed by atoms with Gasteiger partial charge in [-0.2, -0.15) is 0 Å². The first-order chi connectivity index (χ1) is 8.99. The van der Waals surface area contributed by atoms with Crippen molar-refractivity contribution in [2.45, 2.75) is 19.9 Å². The third-order valence-corrected chi connectivity index (χ3v) is 3.62. The maximum Gasteiger partial charge on any atom is 0.125 e. The Balaban J connectivity index is 2.29. The second-order valence-corrected chi connectivity index (χ2v) is 5.40. The van der Waals surface area contributed by atoms with Crippen LogP contribution < -0.4 is 5.32 Å². The number of aryl methyl sites for hydroxylation is 1. The van der Waals surface area contributed by atoms with Crippen molar-refractivity contribution < 1.29 is 4.39 Å². The number of anilines is 1. The summed E-state index contributed by atoms with van der Waals surface area (Å²) in [6.45, 7) is 3.84. The molecule has 2 rings (SSSR count). The van der Waals surface area contributed by atoms with E-state index in [2.05, 4.69) is 31.2 Å². The zero-order valence-corrected chi connectivity index (χ0v) is 12.8. The Kier molecular flexibility index (Phi) is 4.37. The number of hydrogen-bond donors (Lipinski definition) is 1. The highest BCUT2D eigenvalue weighted by atomic mass is 79.9. The zero-order valence-electron chi connectivity index (χ0n) is 10.4. The van der Waals surface area contributed by atoms with E-state index < -0.39 is 0 Å². The summed E-state index contributed by atoms with van der Waals surface area (Å²) in [4.78, 5) is 8.49. The molecule has 0 aliphatic heterocycles. The molecule has 0 saturated heterocycles. The summed E-state index contributed by atoms with van der Waals surface area (Å²) in [6, 6.07) is 2.54. The SMILES string of the molecule is Cc1nccnc1C(C)Nc1c(Cl)cc(F)cc1Br. The van der Waals surface area contributed by atoms with E-state index in [0.717, 1.165) is 11.4 Å². The Morgan fingerprint density at radius 3 is 2.63 bits per heavy atom. The number of halogens is 3. The van der Waals surface area contributed by atoms with Gasteiger partial charge >= 0.3 is 0 Å². The van der Waals surface area contributed by atoms with E-state index in [-0.39, 0.29) is 11.9 Å². The topological polar surface area (TPSA) is 37.8 Å². The van der Waals surface area contributed by atoms with Gasteiger partial charge < -0.3 is 5.32 Å². The fraction of sp³-hybridized carbons (Fsp3) is 0.231. The highest BCUT2D eigenvalue weighted by Crippen LogP contribution is 2.34. The van der Waals surface area contributed by atoms with Crippen molar-refractivity contribution >= 4 is 33.2 Å². The Labute approximate surface area is 124 Å². The van der Waals surface area contributed by atoms with Gasteiger partial charge in [-0.1, -0.05) is 11.6 Å². The van der Waals surface area contributed by atoms with Gasteiger partial charge in [-0.05, 0) is 41.9 Å². The minimum absolute atomic E-state index is 0.0899. The summed E-state index contributed by atoms with van der Waals surface area (Å²) in [5.74, 6) is -0.384. The molecule has 1 atom stereocenters. The van der Waals surface area contributed by atoms with Crippen molar-refractivity contribution in [1.82, 2.24) is 9.97 Å². The summed E-state index contributed by atoms with van der Waals surface area (Å²) in [5.41, 5.74) is 2.31. The zero-order chi connectivity index (χ0) is 14.0. The minimum atomic E-state index is -0.384. The van der Waals surface area contributed by atoms with Gasteiger partial charge in [-0.3, -0.25) is 9.97 Å². The molecule has 0 amide bonds. The van der Waals surface area contributed by atoms with Crippen molar-refractivity contribution in [1.29, 1.82) is 0 Å². The van der Waals surface area contributed by atoms with Gasteiger partial charge in [-0.25, -0.2) is 4.39 Å². The molecule has 0 fully saturated rings. The third kappa shape index (κ3) is 3.22. The van der Waals surface area contributed by atoms with Crippen LogP contribution in [0.25, 0.3) is 0 Å². The molecule has 1 aromatic heterocycles. The molecule has 2 aromatic rings. The van der Waals surface area contributed by atoms with Gasteiger partial charge in [0.05, 0.1) is 28.1 Å². The predicted molar refractivity (Wildman–Crippen MR) is 77.9 cm³/mol. The lowest BCUT2D eigenvalue weighted by atomic mass is 10.1. The van der Waals surface area contributed by atoms with Gasteiger partial charge in [0.1, 0.15) is 5.82 Å². The maximum atomic E-state index is 13.2. The lowest BCUT2D eigenvalue weighted by molar-refractivity contribution is 0.627. The van der Waals surface area contributed by atoms with Crippen LogP contribution in [0.15, 0.2) is 29.0 Å². The second kappa shape index (κ2) is 5.84. The molecule has 6 heteroatoms. The number of nitrogens with zero attached hydrogens (tertiary/aromatic N) is 2. The predicted octanol–water partition coefficient (Wildman–Crippen LogP) is 4.51. The normalized spacial score (nSPS) is 12.3. The van der Waals surface area contributed by atoms with Crippen LogP contribution in [0.5, 0.6) is 0 Å². The smallest absolute Gasteiger partial charge is 0.125 e. The van der Waals surface area contributed by atoms with Crippen molar-refractivity contribution in [2.24, 2.45) is 0 Å². The Morgan fingerprint density at radius 1 is 1.32 bits per heavy atom. The highest BCUT2D eigenvalue weighted by molar-refractivity contribution is 9.10. The Bertz CT molecular complexity index is 583. The summed E-state index contributed by atoms with van der Waals surface area (Å²) in [6.07, 6.45) is 3.29. The second-order valence-electron chi connectivity index (χ2n) is 4.14. The van der Waals surface area contributed by atoms with Crippen LogP contribution in [0.3, 0.4) is 0 Å². The average Bonchev–Trinajstić information content (AvgIpc) is 2.34. The quantitative estimate of drug-likeness (QED) is 0.890. The van der Waals surface area contributed by atoms with Gasteiger partial charge in [0.25, 0.3) is 0 Å². The molecule has 1 unspecified atom stereocenters. The molecule has 0 spiro atoms. The van der Waals surface area contributed by atoms with Crippen molar-refractivity contribution in [3.8, 4) is 0 Å². The standard InChI is InChI=1S/C13H12BrClFN3/c1-7-12(18-4-3-17-7)8(2)19-13-10(14)5-9(16)6-11(13)15/h3-6,8,19H,1-2H3. The monoisotopic (exact) mass is 343 g/mol. The third-order valence-electron chi connectivity index (χ3n) is 2.70. The molecule has 3 nitrogen and oxygen atoms in total. The lowest BCUT2D eigenvalue weighted by Gasteiger charge is -2.18. The van der Waals surface area contributed by atoms with Crippen molar-refractivity contribution in [2.75, 3.05) is 5.32 Å². The lowest BCUT2D eigenvalue weighted by Crippen LogP contribution is -2.11. The maximum absolute atomic E-state index is 13.2. The van der Waals surface area contributed by atoms with Crippen LogP contribution in [0, 0.1) is 12.7 Å². The number of rotatable bonds is 3. The van der Waals surface area contributed by atoms with Crippen LogP contribution in [0.2, 0.25) is 5.02 Å². The Morgan fingerprint density at radius 2 is 2.00 bits per heavy atom. The molecule has 0 bridgehead atoms. The molecular formula is C13H12BrClFN3. The number of benzene rings is 1. The summed E-state index contributed by atoms with van der Waals surface area (Å²) < 4.78 is 13.7. The fourth-order valence-corrected chi connectivity index (χ4v) is 2.73. The van der Waals surface area contributed by atoms with Crippen molar-refractivity contribution in [3.63, 3.8) is 0 Å². The molecule has 0 aliphatic rings. The van der Waals surface area contributed by atoms with Gasteiger partial charge in [0.15, 0.2) is 0 Å². The highest BCUT2D eigenvalue weighted by Gasteiger charge is 2.14. The first-order valence-corrected chi connectivity index (χ1v) is 6.84. The molecule has 0 radical (unpaired) electrons. The summed E-state index contributed by atoms with van der Waals surface area (Å²) in [7, 11) is 0. The molecule has 0 saturated carbocycles. The van der Waals surface area contributed by atoms with Crippen LogP contribution in [-0.4, -0.2) is 9.97 Å². The van der Waals surface area contributed by atoms with Gasteiger partial charge in [0, 0.05) is 16.9 Å². The number of aromatic nitrogens is 2. The molecule has 1 heterocycles. The molecule has 0 aliphatic carbocycles. The Hall–Kier alpha value is -1.20. The van der Waals surface area contributed by atoms with Gasteiger partial charge in [0.2, 0.25) is 0 Å². The molecule has 100 valence electrons. The van der Waals surface area contributed by atoms with Crippen LogP contribution >= 0.6 is 27.5 Å². The van der Waals surface area contributed by atoms with E-state index in [1.807, 2.05) is 13.8 Å². The van der Waals surface area contributed by atoms with E-state index in [1.54, 1.807) is 12.4 Å². The van der Waals surface area contributed by atoms with E-state index in [9.17, 15) is 4.39 Å². The van der Waals surface area contributed by atoms with Crippen LogP contribution in [-0.2, 0) is 0 Å². The van der Waals surface area contributed by atoms with E-state index in [0.29, 0.717) is 15.2 Å². The van der Waals surface area contributed by atoms with E-state index in [4.69, 9.17) is 11.6 Å². The number of hydrogen-bond acceptors (Lipinski definition) is 3. The molecule has 19 heavy (non-hydrogen) atoms. The van der Waals surface area contributed by atoms with Gasteiger partial charge in [-0.15, -0.1) is 0 Å². The van der Waals surface area contributed by atoms with Crippen molar-refractivity contribution in [3.05, 3.63) is 51.2 Å². The molecule has 1 aromatic carbocycles. The van der Waals surface area contributed by atoms with E-state index >= 15 is 0 Å². The number of nitrogens with one attached hydrogen (secondary N) is 1. The summed E-state index contributed by atoms with van der Waals surface area (Å²) in [5, 5.41) is 3.53. The largest absolute Gasteiger partial charge is 0.375 e. The molecular weight excluding hydrogens is 333 g/mol. The average molecular weight is 345 g/mol. The van der Waals surface area contributed by atoms with Crippen LogP contribution in [0.1, 0.15) is 24.4 Å². The molecule has 1 N–H and O–H groups in total. The minimum Gasteiger partial charge on any atom is -0.375 e. The van der Waals surface area contributed by atoms with Crippen LogP contribution in [0.4, 0.5) is 10.1 Å². The summed E-state index contributed by atoms with van der Waals surface area (Å²) >= 11 is 9.33. The first kappa shape index (κ1) is 14.2. The fourth-order valence-electron chi connectivity index (χ4n) is 1.81.